The van der Waals surface area contributed by atoms with Crippen molar-refractivity contribution >= 4 is 5.91 Å². The first-order valence-electron chi connectivity index (χ1n) is 5.67. The standard InChI is InChI=1S/C12H16N2O3/c1-2-14(8-6-13-7-8)12(17)10-5-9(15)3-4-11(10)16/h3-5,8,13,15-16H,2,6-7H2,1H3. The molecule has 92 valence electrons. The van der Waals surface area contributed by atoms with Gasteiger partial charge in [-0.3, -0.25) is 4.79 Å². The molecule has 1 aliphatic heterocycles. The number of likely N-dealkylation sites (N-methyl/N-ethyl adjacent to an activating group) is 1. The Morgan fingerprint density at radius 3 is 2.71 bits per heavy atom. The molecule has 0 atom stereocenters. The summed E-state index contributed by atoms with van der Waals surface area (Å²) < 4.78 is 0. The van der Waals surface area contributed by atoms with Gasteiger partial charge in [0.05, 0.1) is 11.6 Å². The summed E-state index contributed by atoms with van der Waals surface area (Å²) in [7, 11) is 0. The molecule has 0 aromatic heterocycles. The molecule has 3 N–H and O–H groups in total. The molecule has 1 aromatic rings. The summed E-state index contributed by atoms with van der Waals surface area (Å²) in [5, 5.41) is 22.1. The highest BCUT2D eigenvalue weighted by molar-refractivity contribution is 5.97. The van der Waals surface area contributed by atoms with Crippen LogP contribution in [0.5, 0.6) is 11.5 Å². The maximum absolute atomic E-state index is 12.2. The minimum absolute atomic E-state index is 0.0195. The number of nitrogens with zero attached hydrogens (tertiary/aromatic N) is 1. The average molecular weight is 236 g/mol. The summed E-state index contributed by atoms with van der Waals surface area (Å²) in [6, 6.07) is 4.16. The lowest BCUT2D eigenvalue weighted by Crippen LogP contribution is -2.58. The number of nitrogens with one attached hydrogen (secondary N) is 1. The molecule has 1 aliphatic rings. The van der Waals surface area contributed by atoms with Crippen molar-refractivity contribution in [2.24, 2.45) is 0 Å². The second-order valence-electron chi connectivity index (χ2n) is 4.10. The Morgan fingerprint density at radius 2 is 2.18 bits per heavy atom. The van der Waals surface area contributed by atoms with E-state index in [9.17, 15) is 15.0 Å². The highest BCUT2D eigenvalue weighted by Gasteiger charge is 2.29. The number of benzene rings is 1. The van der Waals surface area contributed by atoms with E-state index in [1.807, 2.05) is 6.92 Å². The van der Waals surface area contributed by atoms with Crippen LogP contribution in [0.25, 0.3) is 0 Å². The molecule has 0 bridgehead atoms. The zero-order valence-electron chi connectivity index (χ0n) is 9.68. The second kappa shape index (κ2) is 4.63. The summed E-state index contributed by atoms with van der Waals surface area (Å²) in [6.45, 7) is 4.04. The highest BCUT2D eigenvalue weighted by Crippen LogP contribution is 2.24. The summed E-state index contributed by atoms with van der Waals surface area (Å²) >= 11 is 0. The van der Waals surface area contributed by atoms with Gasteiger partial charge in [-0.2, -0.15) is 0 Å². The van der Waals surface area contributed by atoms with Gasteiger partial charge in [-0.1, -0.05) is 0 Å². The first kappa shape index (κ1) is 11.7. The Hall–Kier alpha value is -1.75. The van der Waals surface area contributed by atoms with Gasteiger partial charge < -0.3 is 20.4 Å². The molecule has 5 nitrogen and oxygen atoms in total. The lowest BCUT2D eigenvalue weighted by molar-refractivity contribution is 0.0627. The number of phenols is 2. The number of hydrogen-bond acceptors (Lipinski definition) is 4. The van der Waals surface area contributed by atoms with Crippen molar-refractivity contribution in [1.82, 2.24) is 10.2 Å². The lowest BCUT2D eigenvalue weighted by atomic mass is 10.1. The molecule has 5 heteroatoms. The number of amides is 1. The Labute approximate surface area is 99.7 Å². The van der Waals surface area contributed by atoms with Crippen molar-refractivity contribution in [3.8, 4) is 11.5 Å². The molecule has 0 spiro atoms. The fourth-order valence-corrected chi connectivity index (χ4v) is 1.91. The first-order chi connectivity index (χ1) is 8.13. The maximum atomic E-state index is 12.2. The van der Waals surface area contributed by atoms with E-state index in [-0.39, 0.29) is 29.0 Å². The van der Waals surface area contributed by atoms with Crippen LogP contribution in [-0.2, 0) is 0 Å². The Kier molecular flexibility index (Phi) is 3.19. The monoisotopic (exact) mass is 236 g/mol. The predicted molar refractivity (Wildman–Crippen MR) is 63.1 cm³/mol. The number of carbonyl (C=O) groups is 1. The SMILES string of the molecule is CCN(C(=O)c1cc(O)ccc1O)C1CNC1. The van der Waals surface area contributed by atoms with Gasteiger partial charge in [0.15, 0.2) is 0 Å². The number of phenolic OH excluding ortho intramolecular Hbond substituents is 2. The van der Waals surface area contributed by atoms with Crippen LogP contribution < -0.4 is 5.32 Å². The Bertz CT molecular complexity index is 430. The van der Waals surface area contributed by atoms with Crippen LogP contribution in [0.1, 0.15) is 17.3 Å². The third kappa shape index (κ3) is 2.19. The van der Waals surface area contributed by atoms with Crippen LogP contribution in [-0.4, -0.2) is 46.7 Å². The van der Waals surface area contributed by atoms with Crippen LogP contribution >= 0.6 is 0 Å². The summed E-state index contributed by atoms with van der Waals surface area (Å²) in [6.07, 6.45) is 0. The average Bonchev–Trinajstić information content (AvgIpc) is 2.25. The first-order valence-corrected chi connectivity index (χ1v) is 5.67. The largest absolute Gasteiger partial charge is 0.508 e. The molecule has 1 amide bonds. The van der Waals surface area contributed by atoms with E-state index in [4.69, 9.17) is 0 Å². The molecule has 0 radical (unpaired) electrons. The van der Waals surface area contributed by atoms with E-state index in [2.05, 4.69) is 5.32 Å². The molecule has 1 fully saturated rings. The highest BCUT2D eigenvalue weighted by atomic mass is 16.3. The second-order valence-corrected chi connectivity index (χ2v) is 4.10. The molecule has 0 saturated carbocycles. The van der Waals surface area contributed by atoms with Crippen LogP contribution in [0.15, 0.2) is 18.2 Å². The van der Waals surface area contributed by atoms with Gasteiger partial charge >= 0.3 is 0 Å². The molecule has 1 aromatic carbocycles. The third-order valence-electron chi connectivity index (χ3n) is 3.01. The molecule has 0 aliphatic carbocycles. The maximum Gasteiger partial charge on any atom is 0.258 e. The van der Waals surface area contributed by atoms with Crippen molar-refractivity contribution in [1.29, 1.82) is 0 Å². The van der Waals surface area contributed by atoms with Crippen LogP contribution in [0.4, 0.5) is 0 Å². The van der Waals surface area contributed by atoms with Crippen LogP contribution in [0, 0.1) is 0 Å². The Morgan fingerprint density at radius 1 is 1.47 bits per heavy atom. The number of aromatic hydroxyl groups is 2. The topological polar surface area (TPSA) is 72.8 Å². The third-order valence-corrected chi connectivity index (χ3v) is 3.01. The van der Waals surface area contributed by atoms with Crippen molar-refractivity contribution in [3.63, 3.8) is 0 Å². The smallest absolute Gasteiger partial charge is 0.258 e. The fraction of sp³-hybridized carbons (Fsp3) is 0.417. The molecular formula is C12H16N2O3. The Balaban J connectivity index is 2.25. The van der Waals surface area contributed by atoms with Crippen LogP contribution in [0.2, 0.25) is 0 Å². The van der Waals surface area contributed by atoms with Crippen LogP contribution in [0.3, 0.4) is 0 Å². The minimum Gasteiger partial charge on any atom is -0.508 e. The van der Waals surface area contributed by atoms with E-state index in [0.717, 1.165) is 13.1 Å². The van der Waals surface area contributed by atoms with Crippen molar-refractivity contribution in [3.05, 3.63) is 23.8 Å². The lowest BCUT2D eigenvalue weighted by Gasteiger charge is -2.37. The van der Waals surface area contributed by atoms with Gasteiger partial charge in [0.2, 0.25) is 0 Å². The molecular weight excluding hydrogens is 220 g/mol. The quantitative estimate of drug-likeness (QED) is 0.669. The normalized spacial score (nSPS) is 15.4. The van der Waals surface area contributed by atoms with Gasteiger partial charge in [-0.15, -0.1) is 0 Å². The zero-order valence-corrected chi connectivity index (χ0v) is 9.68. The van der Waals surface area contributed by atoms with E-state index in [0.29, 0.717) is 6.54 Å². The molecule has 2 rings (SSSR count). The van der Waals surface area contributed by atoms with Gasteiger partial charge in [-0.25, -0.2) is 0 Å². The van der Waals surface area contributed by atoms with Gasteiger partial charge in [0.25, 0.3) is 5.91 Å². The number of carbonyl (C=O) groups excluding carboxylic acids is 1. The number of hydrogen-bond donors (Lipinski definition) is 3. The number of rotatable bonds is 3. The minimum atomic E-state index is -0.243. The van der Waals surface area contributed by atoms with Crippen molar-refractivity contribution in [2.75, 3.05) is 19.6 Å². The summed E-state index contributed by atoms with van der Waals surface area (Å²) in [4.78, 5) is 13.9. The van der Waals surface area contributed by atoms with E-state index in [1.165, 1.54) is 18.2 Å². The predicted octanol–water partition coefficient (Wildman–Crippen LogP) is 0.532. The van der Waals surface area contributed by atoms with Gasteiger partial charge in [-0.05, 0) is 25.1 Å². The van der Waals surface area contributed by atoms with E-state index in [1.54, 1.807) is 4.90 Å². The van der Waals surface area contributed by atoms with Crippen molar-refractivity contribution in [2.45, 2.75) is 13.0 Å². The molecule has 1 heterocycles. The summed E-state index contributed by atoms with van der Waals surface area (Å²) in [5.74, 6) is -0.361. The van der Waals surface area contributed by atoms with Gasteiger partial charge in [0, 0.05) is 19.6 Å². The zero-order chi connectivity index (χ0) is 12.4. The fourth-order valence-electron chi connectivity index (χ4n) is 1.91. The molecule has 0 unspecified atom stereocenters. The summed E-state index contributed by atoms with van der Waals surface area (Å²) in [5.41, 5.74) is 0.152. The van der Waals surface area contributed by atoms with Crippen molar-refractivity contribution < 1.29 is 15.0 Å². The molecule has 17 heavy (non-hydrogen) atoms. The van der Waals surface area contributed by atoms with Gasteiger partial charge in [0.1, 0.15) is 11.5 Å². The van der Waals surface area contributed by atoms with E-state index >= 15 is 0 Å². The molecule has 1 saturated heterocycles. The van der Waals surface area contributed by atoms with E-state index < -0.39 is 0 Å².